The van der Waals surface area contributed by atoms with Crippen LogP contribution >= 0.6 is 0 Å². The van der Waals surface area contributed by atoms with Gasteiger partial charge in [-0.2, -0.15) is 0 Å². The van der Waals surface area contributed by atoms with Crippen LogP contribution in [0.3, 0.4) is 0 Å². The van der Waals surface area contributed by atoms with Gasteiger partial charge in [0.05, 0.1) is 0 Å². The average molecular weight is 299 g/mol. The number of primary amides is 1. The summed E-state index contributed by atoms with van der Waals surface area (Å²) >= 11 is 0. The van der Waals surface area contributed by atoms with Gasteiger partial charge in [0.25, 0.3) is 0 Å². The number of hydrogen-bond donors (Lipinski definition) is 2. The van der Waals surface area contributed by atoms with Crippen molar-refractivity contribution in [2.45, 2.75) is 19.4 Å². The van der Waals surface area contributed by atoms with Gasteiger partial charge in [-0.3, -0.25) is 4.79 Å². The van der Waals surface area contributed by atoms with Crippen molar-refractivity contribution in [3.8, 4) is 0 Å². The van der Waals surface area contributed by atoms with E-state index in [0.29, 0.717) is 17.7 Å². The molecule has 0 bridgehead atoms. The van der Waals surface area contributed by atoms with Crippen molar-refractivity contribution >= 4 is 17.3 Å². The van der Waals surface area contributed by atoms with Gasteiger partial charge < -0.3 is 16.4 Å². The fraction of sp³-hybridized carbons (Fsp3) is 0.235. The van der Waals surface area contributed by atoms with Gasteiger partial charge >= 0.3 is 0 Å². The molecule has 5 heteroatoms. The van der Waals surface area contributed by atoms with E-state index in [0.717, 1.165) is 30.8 Å². The molecule has 3 rings (SSSR count). The third-order valence-corrected chi connectivity index (χ3v) is 4.01. The lowest BCUT2D eigenvalue weighted by Gasteiger charge is -2.31. The lowest BCUT2D eigenvalue weighted by atomic mass is 10.00. The van der Waals surface area contributed by atoms with E-state index >= 15 is 0 Å². The van der Waals surface area contributed by atoms with Crippen molar-refractivity contribution in [3.63, 3.8) is 0 Å². The molecular formula is C17H18FN3O. The molecule has 0 aliphatic carbocycles. The van der Waals surface area contributed by atoms with Crippen LogP contribution in [0.4, 0.5) is 15.8 Å². The predicted molar refractivity (Wildman–Crippen MR) is 85.1 cm³/mol. The summed E-state index contributed by atoms with van der Waals surface area (Å²) < 4.78 is 14.0. The van der Waals surface area contributed by atoms with Gasteiger partial charge in [-0.25, -0.2) is 4.39 Å². The number of carbonyl (C=O) groups is 1. The van der Waals surface area contributed by atoms with Gasteiger partial charge in [0.15, 0.2) is 0 Å². The van der Waals surface area contributed by atoms with Gasteiger partial charge in [0, 0.05) is 35.6 Å². The maximum Gasteiger partial charge on any atom is 0.248 e. The number of carbonyl (C=O) groups excluding carboxylic acids is 1. The maximum atomic E-state index is 14.0. The van der Waals surface area contributed by atoms with E-state index in [9.17, 15) is 9.18 Å². The summed E-state index contributed by atoms with van der Waals surface area (Å²) in [6.45, 7) is 1.25. The number of rotatable bonds is 3. The largest absolute Gasteiger partial charge is 0.399 e. The maximum absolute atomic E-state index is 14.0. The molecule has 4 N–H and O–H groups in total. The Morgan fingerprint density at radius 3 is 2.82 bits per heavy atom. The van der Waals surface area contributed by atoms with Gasteiger partial charge in [-0.15, -0.1) is 0 Å². The number of aryl methyl sites for hydroxylation is 1. The van der Waals surface area contributed by atoms with Crippen LogP contribution in [0, 0.1) is 5.82 Å². The number of anilines is 2. The van der Waals surface area contributed by atoms with Crippen LogP contribution in [-0.2, 0) is 13.0 Å². The molecule has 0 atom stereocenters. The molecule has 1 amide bonds. The number of fused-ring (bicyclic) bond motifs is 1. The summed E-state index contributed by atoms with van der Waals surface area (Å²) in [6.07, 6.45) is 1.97. The summed E-state index contributed by atoms with van der Waals surface area (Å²) in [6, 6.07) is 10.0. The van der Waals surface area contributed by atoms with Crippen molar-refractivity contribution in [2.75, 3.05) is 17.2 Å². The summed E-state index contributed by atoms with van der Waals surface area (Å²) in [5.41, 5.74) is 14.9. The molecule has 0 radical (unpaired) electrons. The highest BCUT2D eigenvalue weighted by Crippen LogP contribution is 2.30. The molecule has 2 aromatic rings. The second-order valence-corrected chi connectivity index (χ2v) is 5.58. The van der Waals surface area contributed by atoms with Crippen molar-refractivity contribution in [1.82, 2.24) is 0 Å². The third-order valence-electron chi connectivity index (χ3n) is 4.01. The molecule has 0 aromatic heterocycles. The lowest BCUT2D eigenvalue weighted by Crippen LogP contribution is -2.29. The zero-order chi connectivity index (χ0) is 15.7. The number of amides is 1. The molecule has 1 aliphatic heterocycles. The molecule has 22 heavy (non-hydrogen) atoms. The van der Waals surface area contributed by atoms with Crippen LogP contribution < -0.4 is 16.4 Å². The van der Waals surface area contributed by atoms with Gasteiger partial charge in [0.2, 0.25) is 5.91 Å². The molecule has 0 saturated heterocycles. The highest BCUT2D eigenvalue weighted by Gasteiger charge is 2.19. The minimum atomic E-state index is -0.548. The van der Waals surface area contributed by atoms with Crippen LogP contribution in [0.5, 0.6) is 0 Å². The number of benzene rings is 2. The van der Waals surface area contributed by atoms with Gasteiger partial charge in [0.1, 0.15) is 5.82 Å². The van der Waals surface area contributed by atoms with Crippen LogP contribution in [0.25, 0.3) is 0 Å². The van der Waals surface area contributed by atoms with Gasteiger partial charge in [-0.05, 0) is 54.8 Å². The van der Waals surface area contributed by atoms with E-state index in [-0.39, 0.29) is 5.82 Å². The Kier molecular flexibility index (Phi) is 3.71. The third kappa shape index (κ3) is 2.74. The topological polar surface area (TPSA) is 72.4 Å². The highest BCUT2D eigenvalue weighted by atomic mass is 19.1. The van der Waals surface area contributed by atoms with E-state index in [4.69, 9.17) is 11.5 Å². The number of nitrogens with two attached hydrogens (primary N) is 2. The fourth-order valence-electron chi connectivity index (χ4n) is 2.91. The average Bonchev–Trinajstić information content (AvgIpc) is 2.49. The minimum absolute atomic E-state index is 0.325. The Bertz CT molecular complexity index is 730. The van der Waals surface area contributed by atoms with Crippen LogP contribution in [0.1, 0.15) is 27.9 Å². The molecule has 1 heterocycles. The Balaban J connectivity index is 1.92. The minimum Gasteiger partial charge on any atom is -0.399 e. The monoisotopic (exact) mass is 299 g/mol. The Hall–Kier alpha value is -2.56. The summed E-state index contributed by atoms with van der Waals surface area (Å²) in [5, 5.41) is 0. The van der Waals surface area contributed by atoms with E-state index in [1.165, 1.54) is 23.8 Å². The van der Waals surface area contributed by atoms with Crippen molar-refractivity contribution in [1.29, 1.82) is 0 Å². The summed E-state index contributed by atoms with van der Waals surface area (Å²) in [7, 11) is 0. The molecule has 4 nitrogen and oxygen atoms in total. The summed E-state index contributed by atoms with van der Waals surface area (Å²) in [4.78, 5) is 13.4. The van der Waals surface area contributed by atoms with E-state index < -0.39 is 5.91 Å². The number of nitrogens with zero attached hydrogens (tertiary/aromatic N) is 1. The predicted octanol–water partition coefficient (Wildman–Crippen LogP) is 2.46. The van der Waals surface area contributed by atoms with E-state index in [1.54, 1.807) is 0 Å². The molecule has 1 aliphatic rings. The van der Waals surface area contributed by atoms with Gasteiger partial charge in [-0.1, -0.05) is 0 Å². The second-order valence-electron chi connectivity index (χ2n) is 5.58. The van der Waals surface area contributed by atoms with Crippen molar-refractivity contribution in [2.24, 2.45) is 5.73 Å². The second kappa shape index (κ2) is 5.67. The first-order chi connectivity index (χ1) is 10.5. The molecule has 2 aromatic carbocycles. The first kappa shape index (κ1) is 14.4. The zero-order valence-electron chi connectivity index (χ0n) is 12.2. The molecular weight excluding hydrogens is 281 g/mol. The smallest absolute Gasteiger partial charge is 0.248 e. The zero-order valence-corrected chi connectivity index (χ0v) is 12.2. The molecule has 0 saturated carbocycles. The molecule has 0 spiro atoms. The lowest BCUT2D eigenvalue weighted by molar-refractivity contribution is 0.1000. The Morgan fingerprint density at radius 1 is 1.23 bits per heavy atom. The molecule has 0 fully saturated rings. The molecule has 114 valence electrons. The quantitative estimate of drug-likeness (QED) is 0.855. The van der Waals surface area contributed by atoms with E-state index in [1.807, 2.05) is 18.2 Å². The van der Waals surface area contributed by atoms with Crippen LogP contribution in [0.2, 0.25) is 0 Å². The number of nitrogen functional groups attached to an aromatic ring is 1. The first-order valence-corrected chi connectivity index (χ1v) is 7.26. The fourth-order valence-corrected chi connectivity index (χ4v) is 2.91. The number of hydrogen-bond acceptors (Lipinski definition) is 3. The Morgan fingerprint density at radius 2 is 2.05 bits per heavy atom. The first-order valence-electron chi connectivity index (χ1n) is 7.26. The number of halogens is 1. The van der Waals surface area contributed by atoms with Crippen LogP contribution in [0.15, 0.2) is 36.4 Å². The molecule has 0 unspecified atom stereocenters. The SMILES string of the molecule is NC(=O)c1ccc(F)c(CN2CCCc3cc(N)ccc32)c1. The highest BCUT2D eigenvalue weighted by molar-refractivity contribution is 5.92. The summed E-state index contributed by atoms with van der Waals surface area (Å²) in [5.74, 6) is -0.874. The Labute approximate surface area is 128 Å². The normalized spacial score (nSPS) is 13.8. The standard InChI is InChI=1S/C17H18FN3O/c18-15-5-3-12(17(20)22)8-13(15)10-21-7-1-2-11-9-14(19)4-6-16(11)21/h3-6,8-9H,1-2,7,10,19H2,(H2,20,22). The van der Waals surface area contributed by atoms with Crippen molar-refractivity contribution in [3.05, 3.63) is 58.9 Å². The van der Waals surface area contributed by atoms with Crippen LogP contribution in [-0.4, -0.2) is 12.5 Å². The van der Waals surface area contributed by atoms with Crippen molar-refractivity contribution < 1.29 is 9.18 Å². The van der Waals surface area contributed by atoms with E-state index in [2.05, 4.69) is 4.90 Å².